The minimum atomic E-state index is -0.0668. The third-order valence-corrected chi connectivity index (χ3v) is 3.90. The fourth-order valence-electron chi connectivity index (χ4n) is 2.65. The van der Waals surface area contributed by atoms with Gasteiger partial charge in [0.15, 0.2) is 17.5 Å². The van der Waals surface area contributed by atoms with E-state index >= 15 is 0 Å². The molecule has 0 saturated carbocycles. The van der Waals surface area contributed by atoms with Crippen LogP contribution in [0.1, 0.15) is 6.92 Å². The lowest BCUT2D eigenvalue weighted by atomic mass is 10.1. The van der Waals surface area contributed by atoms with E-state index in [1.165, 1.54) is 6.33 Å². The zero-order chi connectivity index (χ0) is 16.5. The molecule has 3 aromatic rings. The maximum atomic E-state index is 11.7. The Kier molecular flexibility index (Phi) is 3.42. The molecule has 2 aromatic heterocycles. The fourth-order valence-corrected chi connectivity index (χ4v) is 2.65. The second-order valence-corrected chi connectivity index (χ2v) is 5.40. The normalized spacial score (nSPS) is 13.5. The van der Waals surface area contributed by atoms with Crippen LogP contribution in [0.3, 0.4) is 0 Å². The Labute approximate surface area is 138 Å². The molecule has 120 valence electrons. The number of benzene rings is 1. The van der Waals surface area contributed by atoms with Crippen LogP contribution in [0.5, 0.6) is 0 Å². The molecule has 0 aliphatic carbocycles. The average molecular weight is 321 g/mol. The Hall–Kier alpha value is -3.29. The Morgan fingerprint density at radius 2 is 1.96 bits per heavy atom. The molecule has 0 unspecified atom stereocenters. The van der Waals surface area contributed by atoms with Crippen molar-refractivity contribution in [3.63, 3.8) is 0 Å². The summed E-state index contributed by atoms with van der Waals surface area (Å²) in [6, 6.07) is 7.84. The standard InChI is InChI=1S/C16H15N7O/c1-2-23-8-13(24)21-15-16(23)20-12(7-17-15)10-3-5-11(6-4-10)14-18-9-19-22-14/h3-7,9H,2,8H2,1H3,(H,17,21,24)(H,18,19,22). The van der Waals surface area contributed by atoms with Crippen molar-refractivity contribution in [1.29, 1.82) is 0 Å². The molecule has 0 saturated heterocycles. The van der Waals surface area contributed by atoms with Crippen molar-refractivity contribution in [3.05, 3.63) is 36.8 Å². The van der Waals surface area contributed by atoms with Crippen molar-refractivity contribution < 1.29 is 4.79 Å². The highest BCUT2D eigenvalue weighted by molar-refractivity contribution is 5.99. The zero-order valence-electron chi connectivity index (χ0n) is 13.0. The summed E-state index contributed by atoms with van der Waals surface area (Å²) in [5.41, 5.74) is 2.65. The number of hydrogen-bond donors (Lipinski definition) is 2. The van der Waals surface area contributed by atoms with Crippen LogP contribution < -0.4 is 10.2 Å². The van der Waals surface area contributed by atoms with Crippen LogP contribution in [0.4, 0.5) is 11.6 Å². The van der Waals surface area contributed by atoms with Gasteiger partial charge < -0.3 is 10.2 Å². The highest BCUT2D eigenvalue weighted by Crippen LogP contribution is 2.28. The molecule has 8 nitrogen and oxygen atoms in total. The first-order valence-electron chi connectivity index (χ1n) is 7.62. The molecule has 0 radical (unpaired) electrons. The third-order valence-electron chi connectivity index (χ3n) is 3.90. The lowest BCUT2D eigenvalue weighted by molar-refractivity contribution is -0.115. The van der Waals surface area contributed by atoms with E-state index in [4.69, 9.17) is 0 Å². The van der Waals surface area contributed by atoms with Gasteiger partial charge in [0.1, 0.15) is 6.33 Å². The Bertz CT molecular complexity index is 874. The smallest absolute Gasteiger partial charge is 0.245 e. The molecule has 8 heteroatoms. The third kappa shape index (κ3) is 2.47. The molecule has 24 heavy (non-hydrogen) atoms. The second-order valence-electron chi connectivity index (χ2n) is 5.40. The molecule has 4 rings (SSSR count). The maximum absolute atomic E-state index is 11.7. The molecule has 0 bridgehead atoms. The monoisotopic (exact) mass is 321 g/mol. The quantitative estimate of drug-likeness (QED) is 0.762. The Morgan fingerprint density at radius 3 is 2.67 bits per heavy atom. The van der Waals surface area contributed by atoms with Gasteiger partial charge in [-0.1, -0.05) is 24.3 Å². The van der Waals surface area contributed by atoms with Gasteiger partial charge in [-0.25, -0.2) is 15.0 Å². The molecule has 1 aromatic carbocycles. The van der Waals surface area contributed by atoms with E-state index in [-0.39, 0.29) is 5.91 Å². The molecule has 3 heterocycles. The van der Waals surface area contributed by atoms with Crippen LogP contribution in [0.25, 0.3) is 22.6 Å². The van der Waals surface area contributed by atoms with Gasteiger partial charge in [-0.15, -0.1) is 0 Å². The van der Waals surface area contributed by atoms with E-state index in [1.807, 2.05) is 36.1 Å². The summed E-state index contributed by atoms with van der Waals surface area (Å²) in [7, 11) is 0. The molecule has 0 spiro atoms. The topological polar surface area (TPSA) is 99.7 Å². The van der Waals surface area contributed by atoms with Crippen LogP contribution in [0.2, 0.25) is 0 Å². The number of nitrogens with one attached hydrogen (secondary N) is 2. The highest BCUT2D eigenvalue weighted by Gasteiger charge is 2.23. The number of aromatic nitrogens is 5. The van der Waals surface area contributed by atoms with Gasteiger partial charge in [-0.3, -0.25) is 9.89 Å². The summed E-state index contributed by atoms with van der Waals surface area (Å²) in [5.74, 6) is 1.87. The van der Waals surface area contributed by atoms with Crippen molar-refractivity contribution >= 4 is 17.5 Å². The first-order valence-corrected chi connectivity index (χ1v) is 7.62. The van der Waals surface area contributed by atoms with Crippen molar-refractivity contribution in [2.24, 2.45) is 0 Å². The molecule has 0 fully saturated rings. The number of anilines is 2. The average Bonchev–Trinajstić information content (AvgIpc) is 3.15. The van der Waals surface area contributed by atoms with E-state index < -0.39 is 0 Å². The zero-order valence-corrected chi connectivity index (χ0v) is 13.0. The van der Waals surface area contributed by atoms with E-state index in [9.17, 15) is 4.79 Å². The summed E-state index contributed by atoms with van der Waals surface area (Å²) in [6.45, 7) is 2.98. The number of carbonyl (C=O) groups excluding carboxylic acids is 1. The van der Waals surface area contributed by atoms with Crippen molar-refractivity contribution in [2.45, 2.75) is 6.92 Å². The number of amides is 1. The number of rotatable bonds is 3. The molecular formula is C16H15N7O. The first-order chi connectivity index (χ1) is 11.7. The molecule has 1 aliphatic rings. The number of aromatic amines is 1. The van der Waals surface area contributed by atoms with Crippen molar-refractivity contribution in [3.8, 4) is 22.6 Å². The SMILES string of the molecule is CCN1CC(=O)Nc2ncc(-c3ccc(-c4ncn[nH]4)cc3)nc21. The number of H-pyrrole nitrogens is 1. The van der Waals surface area contributed by atoms with Gasteiger partial charge >= 0.3 is 0 Å². The minimum absolute atomic E-state index is 0.0668. The highest BCUT2D eigenvalue weighted by atomic mass is 16.2. The molecule has 2 N–H and O–H groups in total. The van der Waals surface area contributed by atoms with Gasteiger partial charge in [0, 0.05) is 17.7 Å². The maximum Gasteiger partial charge on any atom is 0.245 e. The number of nitrogens with zero attached hydrogens (tertiary/aromatic N) is 5. The van der Waals surface area contributed by atoms with Gasteiger partial charge in [0.25, 0.3) is 0 Å². The summed E-state index contributed by atoms with van der Waals surface area (Å²) in [6.07, 6.45) is 3.15. The lowest BCUT2D eigenvalue weighted by Gasteiger charge is -2.27. The van der Waals surface area contributed by atoms with E-state index in [0.717, 1.165) is 22.6 Å². The molecule has 1 amide bonds. The Morgan fingerprint density at radius 1 is 1.17 bits per heavy atom. The van der Waals surface area contributed by atoms with Crippen LogP contribution in [0.15, 0.2) is 36.8 Å². The summed E-state index contributed by atoms with van der Waals surface area (Å²) in [4.78, 5) is 26.7. The number of fused-ring (bicyclic) bond motifs is 1. The summed E-state index contributed by atoms with van der Waals surface area (Å²) in [5, 5.41) is 9.44. The molecular weight excluding hydrogens is 306 g/mol. The number of hydrogen-bond acceptors (Lipinski definition) is 6. The largest absolute Gasteiger partial charge is 0.344 e. The van der Waals surface area contributed by atoms with Crippen molar-refractivity contribution in [1.82, 2.24) is 25.1 Å². The first kappa shape index (κ1) is 14.3. The van der Waals surface area contributed by atoms with Gasteiger partial charge in [-0.2, -0.15) is 5.10 Å². The summed E-state index contributed by atoms with van der Waals surface area (Å²) < 4.78 is 0. The van der Waals surface area contributed by atoms with E-state index in [1.54, 1.807) is 6.20 Å². The predicted molar refractivity (Wildman–Crippen MR) is 89.4 cm³/mol. The van der Waals surface area contributed by atoms with Crippen LogP contribution in [0, 0.1) is 0 Å². The van der Waals surface area contributed by atoms with Crippen LogP contribution in [-0.2, 0) is 4.79 Å². The number of carbonyl (C=O) groups is 1. The minimum Gasteiger partial charge on any atom is -0.344 e. The Balaban J connectivity index is 1.69. The van der Waals surface area contributed by atoms with Gasteiger partial charge in [0.05, 0.1) is 18.4 Å². The van der Waals surface area contributed by atoms with Crippen LogP contribution >= 0.6 is 0 Å². The van der Waals surface area contributed by atoms with Crippen LogP contribution in [-0.4, -0.2) is 44.1 Å². The van der Waals surface area contributed by atoms with Gasteiger partial charge in [0.2, 0.25) is 5.91 Å². The number of likely N-dealkylation sites (N-methyl/N-ethyl adjacent to an activating group) is 1. The predicted octanol–water partition coefficient (Wildman–Crippen LogP) is 1.71. The fraction of sp³-hybridized carbons (Fsp3) is 0.188. The van der Waals surface area contributed by atoms with E-state index in [0.29, 0.717) is 24.7 Å². The molecule has 1 aliphatic heterocycles. The van der Waals surface area contributed by atoms with Gasteiger partial charge in [-0.05, 0) is 6.92 Å². The van der Waals surface area contributed by atoms with E-state index in [2.05, 4.69) is 30.5 Å². The summed E-state index contributed by atoms with van der Waals surface area (Å²) >= 11 is 0. The van der Waals surface area contributed by atoms with Crippen molar-refractivity contribution in [2.75, 3.05) is 23.3 Å². The lowest BCUT2D eigenvalue weighted by Crippen LogP contribution is -2.39. The molecule has 0 atom stereocenters. The second kappa shape index (κ2) is 5.73.